The molecule has 1 fully saturated rings. The Kier molecular flexibility index (Phi) is 2.76. The number of hydrogen-bond donors (Lipinski definition) is 2. The summed E-state index contributed by atoms with van der Waals surface area (Å²) in [6, 6.07) is 0. The lowest BCUT2D eigenvalue weighted by Crippen LogP contribution is -2.13. The smallest absolute Gasteiger partial charge is 0.227 e. The van der Waals surface area contributed by atoms with Crippen molar-refractivity contribution in [2.45, 2.75) is 25.7 Å². The number of nitrogen functional groups attached to an aromatic ring is 1. The lowest BCUT2D eigenvalue weighted by Gasteiger charge is -2.09. The van der Waals surface area contributed by atoms with Gasteiger partial charge in [0, 0.05) is 6.54 Å². The predicted octanol–water partition coefficient (Wildman–Crippen LogP) is 1.06. The predicted molar refractivity (Wildman–Crippen MR) is 54.7 cm³/mol. The zero-order chi connectivity index (χ0) is 9.80. The molecule has 0 atom stereocenters. The van der Waals surface area contributed by atoms with Crippen LogP contribution in [0.25, 0.3) is 0 Å². The topological polar surface area (TPSA) is 76.7 Å². The molecule has 1 aromatic rings. The molecule has 1 aliphatic rings. The van der Waals surface area contributed by atoms with Gasteiger partial charge in [0.1, 0.15) is 6.33 Å². The number of rotatable bonds is 3. The molecule has 0 unspecified atom stereocenters. The van der Waals surface area contributed by atoms with E-state index in [1.807, 2.05) is 0 Å². The van der Waals surface area contributed by atoms with Crippen molar-refractivity contribution in [2.75, 3.05) is 17.6 Å². The Labute approximate surface area is 83.2 Å². The summed E-state index contributed by atoms with van der Waals surface area (Å²) in [7, 11) is 0. The summed E-state index contributed by atoms with van der Waals surface area (Å²) in [6.07, 6.45) is 6.76. The molecule has 0 aromatic carbocycles. The molecule has 14 heavy (non-hydrogen) atoms. The first-order chi connectivity index (χ1) is 6.84. The fourth-order valence-electron chi connectivity index (χ4n) is 1.84. The van der Waals surface area contributed by atoms with Gasteiger partial charge in [0.25, 0.3) is 0 Å². The minimum Gasteiger partial charge on any atom is -0.368 e. The van der Waals surface area contributed by atoms with Crippen LogP contribution in [0.1, 0.15) is 25.7 Å². The van der Waals surface area contributed by atoms with E-state index in [0.717, 1.165) is 12.5 Å². The molecular weight excluding hydrogens is 178 g/mol. The van der Waals surface area contributed by atoms with Crippen molar-refractivity contribution in [2.24, 2.45) is 5.92 Å². The molecular formula is C9H15N5. The normalized spacial score (nSPS) is 17.1. The van der Waals surface area contributed by atoms with Crippen LogP contribution in [0, 0.1) is 5.92 Å². The maximum Gasteiger partial charge on any atom is 0.227 e. The highest BCUT2D eigenvalue weighted by molar-refractivity contribution is 5.28. The average Bonchev–Trinajstić information content (AvgIpc) is 2.67. The highest BCUT2D eigenvalue weighted by Crippen LogP contribution is 2.24. The lowest BCUT2D eigenvalue weighted by atomic mass is 10.1. The van der Waals surface area contributed by atoms with E-state index in [1.165, 1.54) is 32.0 Å². The fourth-order valence-corrected chi connectivity index (χ4v) is 1.84. The number of nitrogens with zero attached hydrogens (tertiary/aromatic N) is 3. The minimum atomic E-state index is 0.272. The van der Waals surface area contributed by atoms with Gasteiger partial charge in [0.15, 0.2) is 0 Å². The number of nitrogens with two attached hydrogens (primary N) is 1. The van der Waals surface area contributed by atoms with Crippen LogP contribution in [0.15, 0.2) is 6.33 Å². The second-order valence-electron chi connectivity index (χ2n) is 3.70. The molecule has 76 valence electrons. The van der Waals surface area contributed by atoms with Crippen molar-refractivity contribution in [1.29, 1.82) is 0 Å². The SMILES string of the molecule is Nc1ncnc(NCC2CCCC2)n1. The van der Waals surface area contributed by atoms with Crippen LogP contribution in [-0.2, 0) is 0 Å². The van der Waals surface area contributed by atoms with Crippen molar-refractivity contribution in [1.82, 2.24) is 15.0 Å². The van der Waals surface area contributed by atoms with Gasteiger partial charge in [-0.25, -0.2) is 9.97 Å². The van der Waals surface area contributed by atoms with Crippen LogP contribution in [0.5, 0.6) is 0 Å². The number of anilines is 2. The Hall–Kier alpha value is -1.39. The highest BCUT2D eigenvalue weighted by Gasteiger charge is 2.14. The fraction of sp³-hybridized carbons (Fsp3) is 0.667. The Morgan fingerprint density at radius 1 is 1.36 bits per heavy atom. The monoisotopic (exact) mass is 193 g/mol. The van der Waals surface area contributed by atoms with Gasteiger partial charge in [-0.2, -0.15) is 4.98 Å². The second-order valence-corrected chi connectivity index (χ2v) is 3.70. The van der Waals surface area contributed by atoms with Crippen molar-refractivity contribution in [3.8, 4) is 0 Å². The molecule has 0 aliphatic heterocycles. The first-order valence-electron chi connectivity index (χ1n) is 5.03. The average molecular weight is 193 g/mol. The second kappa shape index (κ2) is 4.21. The van der Waals surface area contributed by atoms with Gasteiger partial charge in [-0.15, -0.1) is 0 Å². The summed E-state index contributed by atoms with van der Waals surface area (Å²) in [5, 5.41) is 3.19. The van der Waals surface area contributed by atoms with Gasteiger partial charge in [-0.1, -0.05) is 12.8 Å². The summed E-state index contributed by atoms with van der Waals surface area (Å²) < 4.78 is 0. The number of nitrogens with one attached hydrogen (secondary N) is 1. The number of aromatic nitrogens is 3. The van der Waals surface area contributed by atoms with E-state index in [4.69, 9.17) is 5.73 Å². The van der Waals surface area contributed by atoms with E-state index in [1.54, 1.807) is 0 Å². The van der Waals surface area contributed by atoms with Crippen molar-refractivity contribution >= 4 is 11.9 Å². The van der Waals surface area contributed by atoms with Crippen LogP contribution in [-0.4, -0.2) is 21.5 Å². The Bertz CT molecular complexity index is 295. The van der Waals surface area contributed by atoms with E-state index in [2.05, 4.69) is 20.3 Å². The number of hydrogen-bond acceptors (Lipinski definition) is 5. The first-order valence-corrected chi connectivity index (χ1v) is 5.03. The van der Waals surface area contributed by atoms with Gasteiger partial charge < -0.3 is 11.1 Å². The summed E-state index contributed by atoms with van der Waals surface area (Å²) in [6.45, 7) is 0.948. The minimum absolute atomic E-state index is 0.272. The van der Waals surface area contributed by atoms with Gasteiger partial charge in [0.05, 0.1) is 0 Å². The third-order valence-corrected chi connectivity index (χ3v) is 2.61. The zero-order valence-electron chi connectivity index (χ0n) is 8.11. The van der Waals surface area contributed by atoms with Crippen molar-refractivity contribution < 1.29 is 0 Å². The molecule has 0 radical (unpaired) electrons. The van der Waals surface area contributed by atoms with E-state index in [0.29, 0.717) is 5.95 Å². The van der Waals surface area contributed by atoms with Crippen LogP contribution in [0.3, 0.4) is 0 Å². The molecule has 1 saturated carbocycles. The Morgan fingerprint density at radius 2 is 2.14 bits per heavy atom. The molecule has 5 nitrogen and oxygen atoms in total. The largest absolute Gasteiger partial charge is 0.368 e. The first kappa shape index (κ1) is 9.18. The van der Waals surface area contributed by atoms with E-state index in [9.17, 15) is 0 Å². The van der Waals surface area contributed by atoms with Gasteiger partial charge in [0.2, 0.25) is 11.9 Å². The van der Waals surface area contributed by atoms with Crippen LogP contribution in [0.2, 0.25) is 0 Å². The van der Waals surface area contributed by atoms with Crippen LogP contribution >= 0.6 is 0 Å². The lowest BCUT2D eigenvalue weighted by molar-refractivity contribution is 0.577. The van der Waals surface area contributed by atoms with E-state index >= 15 is 0 Å². The van der Waals surface area contributed by atoms with Crippen molar-refractivity contribution in [3.63, 3.8) is 0 Å². The standard InChI is InChI=1S/C9H15N5/c10-8-12-6-13-9(14-8)11-5-7-3-1-2-4-7/h6-7H,1-5H2,(H3,10,11,12,13,14). The molecule has 2 rings (SSSR count). The molecule has 0 amide bonds. The molecule has 1 aliphatic carbocycles. The van der Waals surface area contributed by atoms with Gasteiger partial charge >= 0.3 is 0 Å². The molecule has 3 N–H and O–H groups in total. The zero-order valence-corrected chi connectivity index (χ0v) is 8.11. The van der Waals surface area contributed by atoms with Gasteiger partial charge in [-0.05, 0) is 18.8 Å². The molecule has 5 heteroatoms. The maximum atomic E-state index is 5.44. The van der Waals surface area contributed by atoms with Crippen LogP contribution in [0.4, 0.5) is 11.9 Å². The van der Waals surface area contributed by atoms with Crippen LogP contribution < -0.4 is 11.1 Å². The molecule has 1 heterocycles. The highest BCUT2D eigenvalue weighted by atomic mass is 15.2. The summed E-state index contributed by atoms with van der Waals surface area (Å²) in [5.41, 5.74) is 5.44. The summed E-state index contributed by atoms with van der Waals surface area (Å²) in [4.78, 5) is 11.7. The molecule has 0 spiro atoms. The Balaban J connectivity index is 1.85. The van der Waals surface area contributed by atoms with Crippen molar-refractivity contribution in [3.05, 3.63) is 6.33 Å². The summed E-state index contributed by atoms with van der Waals surface area (Å²) >= 11 is 0. The van der Waals surface area contributed by atoms with Gasteiger partial charge in [-0.3, -0.25) is 0 Å². The Morgan fingerprint density at radius 3 is 2.86 bits per heavy atom. The molecule has 0 bridgehead atoms. The third kappa shape index (κ3) is 2.31. The van der Waals surface area contributed by atoms with E-state index < -0.39 is 0 Å². The quantitative estimate of drug-likeness (QED) is 0.750. The molecule has 0 saturated heterocycles. The van der Waals surface area contributed by atoms with E-state index in [-0.39, 0.29) is 5.95 Å². The summed E-state index contributed by atoms with van der Waals surface area (Å²) in [5.74, 6) is 1.63. The third-order valence-electron chi connectivity index (χ3n) is 2.61. The molecule has 1 aromatic heterocycles. The maximum absolute atomic E-state index is 5.44.